The van der Waals surface area contributed by atoms with Crippen LogP contribution >= 0.6 is 0 Å². The molecule has 0 aliphatic heterocycles. The molecular weight excluding hydrogens is 522 g/mol. The lowest BCUT2D eigenvalue weighted by Crippen LogP contribution is -2.54. The molecule has 4 N–H and O–H groups in total. The fourth-order valence-corrected chi connectivity index (χ4v) is 5.21. The van der Waals surface area contributed by atoms with Crippen LogP contribution in [0.2, 0.25) is 0 Å². The Labute approximate surface area is 243 Å². The molecule has 3 rings (SSSR count). The lowest BCUT2D eigenvalue weighted by Gasteiger charge is -2.36. The van der Waals surface area contributed by atoms with Crippen molar-refractivity contribution >= 4 is 17.9 Å². The minimum Gasteiger partial charge on any atom is -0.508 e. The first kappa shape index (κ1) is 31.8. The molecule has 2 unspecified atom stereocenters. The van der Waals surface area contributed by atoms with Crippen molar-refractivity contribution in [2.75, 3.05) is 6.54 Å². The Morgan fingerprint density at radius 1 is 1.02 bits per heavy atom. The summed E-state index contributed by atoms with van der Waals surface area (Å²) in [5.41, 5.74) is 0.847. The number of carbonyl (C=O) groups is 3. The summed E-state index contributed by atoms with van der Waals surface area (Å²) in [5.74, 6) is -0.796. The summed E-state index contributed by atoms with van der Waals surface area (Å²) in [6.45, 7) is 9.08. The molecule has 0 heterocycles. The van der Waals surface area contributed by atoms with Gasteiger partial charge < -0.3 is 30.5 Å². The van der Waals surface area contributed by atoms with Crippen molar-refractivity contribution < 1.29 is 29.3 Å². The van der Waals surface area contributed by atoms with Crippen LogP contribution in [0.1, 0.15) is 89.0 Å². The molecule has 2 aromatic rings. The molecule has 1 fully saturated rings. The first-order chi connectivity index (χ1) is 19.4. The zero-order chi connectivity index (χ0) is 30.2. The van der Waals surface area contributed by atoms with E-state index in [-0.39, 0.29) is 36.4 Å². The number of hydrogen-bond acceptors (Lipinski definition) is 6. The number of nitrogens with zero attached hydrogens (tertiary/aromatic N) is 1. The van der Waals surface area contributed by atoms with E-state index >= 15 is 0 Å². The van der Waals surface area contributed by atoms with E-state index < -0.39 is 29.7 Å². The number of amides is 3. The van der Waals surface area contributed by atoms with E-state index in [2.05, 4.69) is 10.6 Å². The number of rotatable bonds is 10. The van der Waals surface area contributed by atoms with Gasteiger partial charge in [0.15, 0.2) is 0 Å². The zero-order valence-electron chi connectivity index (χ0n) is 24.9. The Kier molecular flexibility index (Phi) is 11.0. The van der Waals surface area contributed by atoms with E-state index in [1.165, 1.54) is 17.0 Å². The molecule has 0 spiro atoms. The van der Waals surface area contributed by atoms with Gasteiger partial charge in [-0.2, -0.15) is 0 Å². The standard InChI is InChI=1S/C32H45N3O6/c1-6-19-35(27(25-14-10-11-21(2)28(25)37)29(38)33-23-12-8-7-9-13-23)30(39)26(34-31(40)41-32(3,4)5)20-22-15-17-24(36)18-16-22/h10-11,14-18,23,26-27,36-37H,6-9,12-13,19-20H2,1-5H3,(H,33,38)(H,34,40). The maximum atomic E-state index is 14.4. The van der Waals surface area contributed by atoms with Crippen molar-refractivity contribution in [2.45, 2.75) is 103 Å². The first-order valence-electron chi connectivity index (χ1n) is 14.6. The Morgan fingerprint density at radius 3 is 2.29 bits per heavy atom. The van der Waals surface area contributed by atoms with Gasteiger partial charge in [-0.1, -0.05) is 56.5 Å². The smallest absolute Gasteiger partial charge is 0.408 e. The molecule has 1 aliphatic rings. The van der Waals surface area contributed by atoms with Gasteiger partial charge in [0.05, 0.1) is 0 Å². The van der Waals surface area contributed by atoms with Crippen LogP contribution in [0.15, 0.2) is 42.5 Å². The molecule has 9 heteroatoms. The summed E-state index contributed by atoms with van der Waals surface area (Å²) in [6.07, 6.45) is 4.80. The lowest BCUT2D eigenvalue weighted by atomic mass is 9.94. The highest BCUT2D eigenvalue weighted by Crippen LogP contribution is 2.33. The maximum absolute atomic E-state index is 14.4. The number of aromatic hydroxyl groups is 2. The summed E-state index contributed by atoms with van der Waals surface area (Å²) in [7, 11) is 0. The van der Waals surface area contributed by atoms with E-state index in [1.807, 2.05) is 6.92 Å². The van der Waals surface area contributed by atoms with Crippen molar-refractivity contribution in [2.24, 2.45) is 0 Å². The van der Waals surface area contributed by atoms with Crippen molar-refractivity contribution in [3.05, 3.63) is 59.2 Å². The minimum atomic E-state index is -1.10. The van der Waals surface area contributed by atoms with Crippen LogP contribution in [0.4, 0.5) is 4.79 Å². The largest absolute Gasteiger partial charge is 0.508 e. The maximum Gasteiger partial charge on any atom is 0.408 e. The number of ether oxygens (including phenoxy) is 1. The third-order valence-corrected chi connectivity index (χ3v) is 7.19. The zero-order valence-corrected chi connectivity index (χ0v) is 24.9. The molecule has 9 nitrogen and oxygen atoms in total. The van der Waals surface area contributed by atoms with Gasteiger partial charge in [0.25, 0.3) is 0 Å². The highest BCUT2D eigenvalue weighted by atomic mass is 16.6. The van der Waals surface area contributed by atoms with Gasteiger partial charge in [-0.25, -0.2) is 4.79 Å². The second-order valence-corrected chi connectivity index (χ2v) is 11.9. The van der Waals surface area contributed by atoms with E-state index in [9.17, 15) is 24.6 Å². The van der Waals surface area contributed by atoms with Gasteiger partial charge in [-0.3, -0.25) is 9.59 Å². The van der Waals surface area contributed by atoms with Crippen molar-refractivity contribution in [1.82, 2.24) is 15.5 Å². The minimum absolute atomic E-state index is 0.00281. The van der Waals surface area contributed by atoms with Crippen LogP contribution < -0.4 is 10.6 Å². The van der Waals surface area contributed by atoms with Gasteiger partial charge in [0.1, 0.15) is 29.2 Å². The fraction of sp³-hybridized carbons (Fsp3) is 0.531. The van der Waals surface area contributed by atoms with Gasteiger partial charge in [-0.15, -0.1) is 0 Å². The van der Waals surface area contributed by atoms with Crippen LogP contribution in [0.5, 0.6) is 11.5 Å². The van der Waals surface area contributed by atoms with Crippen LogP contribution in [0, 0.1) is 6.92 Å². The Morgan fingerprint density at radius 2 is 1.68 bits per heavy atom. The fourth-order valence-electron chi connectivity index (χ4n) is 5.21. The SMILES string of the molecule is CCCN(C(=O)C(Cc1ccc(O)cc1)NC(=O)OC(C)(C)C)C(C(=O)NC1CCCCC1)c1cccc(C)c1O. The molecule has 1 aliphatic carbocycles. The third-order valence-electron chi connectivity index (χ3n) is 7.19. The van der Waals surface area contributed by atoms with Crippen LogP contribution in [-0.4, -0.2) is 57.3 Å². The number of phenolic OH excluding ortho intramolecular Hbond substituents is 2. The molecule has 2 atom stereocenters. The van der Waals surface area contributed by atoms with Gasteiger partial charge >= 0.3 is 6.09 Å². The van der Waals surface area contributed by atoms with Crippen LogP contribution in [0.25, 0.3) is 0 Å². The topological polar surface area (TPSA) is 128 Å². The molecule has 41 heavy (non-hydrogen) atoms. The van der Waals surface area contributed by atoms with Crippen LogP contribution in [-0.2, 0) is 20.7 Å². The first-order valence-corrected chi connectivity index (χ1v) is 14.6. The summed E-state index contributed by atoms with van der Waals surface area (Å²) in [6, 6.07) is 9.37. The molecule has 0 saturated heterocycles. The lowest BCUT2D eigenvalue weighted by molar-refractivity contribution is -0.143. The normalized spacial score (nSPS) is 15.4. The molecule has 2 aromatic carbocycles. The number of benzene rings is 2. The second kappa shape index (κ2) is 14.2. The third kappa shape index (κ3) is 9.13. The van der Waals surface area contributed by atoms with Gasteiger partial charge in [0.2, 0.25) is 11.8 Å². The number of carbonyl (C=O) groups excluding carboxylic acids is 3. The molecule has 0 aromatic heterocycles. The summed E-state index contributed by atoms with van der Waals surface area (Å²) < 4.78 is 5.46. The summed E-state index contributed by atoms with van der Waals surface area (Å²) >= 11 is 0. The highest BCUT2D eigenvalue weighted by molar-refractivity contribution is 5.93. The van der Waals surface area contributed by atoms with Gasteiger partial charge in [0, 0.05) is 24.6 Å². The second-order valence-electron chi connectivity index (χ2n) is 11.9. The summed E-state index contributed by atoms with van der Waals surface area (Å²) in [5, 5.41) is 26.7. The predicted octanol–water partition coefficient (Wildman–Crippen LogP) is 5.27. The van der Waals surface area contributed by atoms with E-state index in [4.69, 9.17) is 4.74 Å². The molecular formula is C32H45N3O6. The number of hydrogen-bond donors (Lipinski definition) is 4. The average Bonchev–Trinajstić information content (AvgIpc) is 2.90. The molecule has 3 amide bonds. The van der Waals surface area contributed by atoms with E-state index in [0.717, 1.165) is 32.1 Å². The van der Waals surface area contributed by atoms with E-state index in [1.54, 1.807) is 58.0 Å². The van der Waals surface area contributed by atoms with Crippen molar-refractivity contribution in [3.63, 3.8) is 0 Å². The molecule has 0 radical (unpaired) electrons. The number of phenols is 2. The Bertz CT molecular complexity index is 1180. The molecule has 0 bridgehead atoms. The Balaban J connectivity index is 2.03. The number of aryl methyl sites for hydroxylation is 1. The summed E-state index contributed by atoms with van der Waals surface area (Å²) in [4.78, 5) is 42.7. The van der Waals surface area contributed by atoms with Crippen molar-refractivity contribution in [1.29, 1.82) is 0 Å². The quantitative estimate of drug-likeness (QED) is 0.310. The van der Waals surface area contributed by atoms with Crippen LogP contribution in [0.3, 0.4) is 0 Å². The number of nitrogens with one attached hydrogen (secondary N) is 2. The number of alkyl carbamates (subject to hydrolysis) is 1. The molecule has 224 valence electrons. The number of para-hydroxylation sites is 1. The average molecular weight is 568 g/mol. The highest BCUT2D eigenvalue weighted by Gasteiger charge is 2.38. The Hall–Kier alpha value is -3.75. The van der Waals surface area contributed by atoms with E-state index in [0.29, 0.717) is 23.1 Å². The van der Waals surface area contributed by atoms with Crippen molar-refractivity contribution in [3.8, 4) is 11.5 Å². The van der Waals surface area contributed by atoms with Gasteiger partial charge in [-0.05, 0) is 70.2 Å². The predicted molar refractivity (Wildman–Crippen MR) is 158 cm³/mol. The molecule has 1 saturated carbocycles. The monoisotopic (exact) mass is 567 g/mol.